The van der Waals surface area contributed by atoms with Crippen molar-refractivity contribution in [3.05, 3.63) is 70.6 Å². The minimum Gasteiger partial charge on any atom is -0.493 e. The molecule has 0 saturated carbocycles. The molecular formula is C25H27N5O3. The summed E-state index contributed by atoms with van der Waals surface area (Å²) in [5.74, 6) is 2.57. The first-order valence-corrected chi connectivity index (χ1v) is 10.9. The predicted octanol–water partition coefficient (Wildman–Crippen LogP) is 3.55. The number of rotatable bonds is 6. The highest BCUT2D eigenvalue weighted by molar-refractivity contribution is 5.90. The summed E-state index contributed by atoms with van der Waals surface area (Å²) in [4.78, 5) is 10.6. The number of anilines is 2. The fraction of sp³-hybridized carbons (Fsp3) is 0.280. The van der Waals surface area contributed by atoms with Crippen LogP contribution in [-0.2, 0) is 25.9 Å². The molecule has 3 heterocycles. The van der Waals surface area contributed by atoms with Crippen molar-refractivity contribution in [1.82, 2.24) is 14.9 Å². The Balaban J connectivity index is 1.50. The van der Waals surface area contributed by atoms with Crippen LogP contribution in [0.3, 0.4) is 0 Å². The van der Waals surface area contributed by atoms with E-state index in [1.54, 1.807) is 20.4 Å². The highest BCUT2D eigenvalue weighted by Gasteiger charge is 2.22. The average Bonchev–Trinajstić information content (AvgIpc) is 3.24. The third-order valence-corrected chi connectivity index (χ3v) is 6.18. The third kappa shape index (κ3) is 4.05. The van der Waals surface area contributed by atoms with E-state index in [1.165, 1.54) is 11.1 Å². The summed E-state index contributed by atoms with van der Waals surface area (Å²) in [5.41, 5.74) is 17.0. The highest BCUT2D eigenvalue weighted by atomic mass is 16.5. The van der Waals surface area contributed by atoms with Crippen molar-refractivity contribution in [1.29, 1.82) is 0 Å². The summed E-state index contributed by atoms with van der Waals surface area (Å²) in [6, 6.07) is 12.7. The molecule has 0 radical (unpaired) electrons. The van der Waals surface area contributed by atoms with E-state index in [2.05, 4.69) is 45.2 Å². The Kier molecular flexibility index (Phi) is 5.51. The first-order valence-electron chi connectivity index (χ1n) is 10.9. The molecule has 0 bridgehead atoms. The van der Waals surface area contributed by atoms with Gasteiger partial charge >= 0.3 is 0 Å². The van der Waals surface area contributed by atoms with E-state index in [1.807, 2.05) is 6.07 Å². The quantitative estimate of drug-likeness (QED) is 0.463. The second-order valence-electron chi connectivity index (χ2n) is 8.27. The second-order valence-corrected chi connectivity index (χ2v) is 8.27. The van der Waals surface area contributed by atoms with Gasteiger partial charge in [0.05, 0.1) is 20.8 Å². The van der Waals surface area contributed by atoms with Gasteiger partial charge in [0.15, 0.2) is 11.3 Å². The third-order valence-electron chi connectivity index (χ3n) is 6.18. The first kappa shape index (κ1) is 21.1. The molecule has 0 aliphatic carbocycles. The standard InChI is InChI=1S/C25H27N5O3/c1-31-21-10-17(9-18-12-28-25(27)29-24(18)26)20-11-19(33-22(20)23(21)32-2)14-30-8-7-15-5-3-4-6-16(15)13-30/h3-6,10-12H,7-9,13-14H2,1-2H3,(H4,26,27,28,29). The number of nitrogens with zero attached hydrogens (tertiary/aromatic N) is 3. The van der Waals surface area contributed by atoms with E-state index in [0.29, 0.717) is 35.9 Å². The van der Waals surface area contributed by atoms with Gasteiger partial charge in [-0.05, 0) is 35.2 Å². The number of benzene rings is 2. The van der Waals surface area contributed by atoms with Crippen molar-refractivity contribution in [2.45, 2.75) is 25.9 Å². The Bertz CT molecular complexity index is 1320. The van der Waals surface area contributed by atoms with Crippen LogP contribution in [0.4, 0.5) is 11.8 Å². The van der Waals surface area contributed by atoms with Crippen LogP contribution in [-0.4, -0.2) is 35.6 Å². The maximum absolute atomic E-state index is 6.32. The summed E-state index contributed by atoms with van der Waals surface area (Å²) in [5, 5.41) is 0.955. The molecule has 33 heavy (non-hydrogen) atoms. The van der Waals surface area contributed by atoms with Gasteiger partial charge in [-0.2, -0.15) is 4.98 Å². The molecule has 5 rings (SSSR count). The SMILES string of the molecule is COc1cc(Cc2cnc(N)nc2N)c2cc(CN3CCc4ccccc4C3)oc2c1OC. The summed E-state index contributed by atoms with van der Waals surface area (Å²) < 4.78 is 17.6. The molecule has 1 aliphatic rings. The van der Waals surface area contributed by atoms with Crippen molar-refractivity contribution < 1.29 is 13.9 Å². The summed E-state index contributed by atoms with van der Waals surface area (Å²) in [7, 11) is 3.23. The van der Waals surface area contributed by atoms with Crippen LogP contribution >= 0.6 is 0 Å². The molecule has 0 atom stereocenters. The monoisotopic (exact) mass is 445 g/mol. The summed E-state index contributed by atoms with van der Waals surface area (Å²) >= 11 is 0. The Morgan fingerprint density at radius 2 is 1.88 bits per heavy atom. The number of fused-ring (bicyclic) bond motifs is 2. The van der Waals surface area contributed by atoms with Crippen molar-refractivity contribution in [3.8, 4) is 11.5 Å². The van der Waals surface area contributed by atoms with Crippen LogP contribution in [0.15, 0.2) is 47.0 Å². The summed E-state index contributed by atoms with van der Waals surface area (Å²) in [6.45, 7) is 2.60. The van der Waals surface area contributed by atoms with E-state index in [4.69, 9.17) is 25.4 Å². The molecule has 170 valence electrons. The van der Waals surface area contributed by atoms with Crippen LogP contribution in [0.2, 0.25) is 0 Å². The molecule has 0 saturated heterocycles. The number of nitrogens with two attached hydrogens (primary N) is 2. The number of methoxy groups -OCH3 is 2. The van der Waals surface area contributed by atoms with Gasteiger partial charge in [-0.3, -0.25) is 4.90 Å². The second kappa shape index (κ2) is 8.63. The largest absolute Gasteiger partial charge is 0.493 e. The number of nitrogen functional groups attached to an aromatic ring is 2. The molecule has 4 N–H and O–H groups in total. The van der Waals surface area contributed by atoms with Gasteiger partial charge in [0.1, 0.15) is 11.6 Å². The van der Waals surface area contributed by atoms with E-state index in [0.717, 1.165) is 41.8 Å². The van der Waals surface area contributed by atoms with Crippen LogP contribution in [0.25, 0.3) is 11.0 Å². The molecular weight excluding hydrogens is 418 g/mol. The fourth-order valence-corrected chi connectivity index (χ4v) is 4.52. The van der Waals surface area contributed by atoms with Crippen molar-refractivity contribution in [3.63, 3.8) is 0 Å². The van der Waals surface area contributed by atoms with Gasteiger partial charge in [-0.15, -0.1) is 0 Å². The predicted molar refractivity (Wildman–Crippen MR) is 127 cm³/mol. The number of hydrogen-bond acceptors (Lipinski definition) is 8. The number of furan rings is 1. The molecule has 2 aromatic carbocycles. The molecule has 8 nitrogen and oxygen atoms in total. The molecule has 8 heteroatoms. The van der Waals surface area contributed by atoms with Crippen molar-refractivity contribution in [2.24, 2.45) is 0 Å². The topological polar surface area (TPSA) is 113 Å². The molecule has 0 spiro atoms. The number of aromatic nitrogens is 2. The number of ether oxygens (including phenoxy) is 2. The van der Waals surface area contributed by atoms with Gasteiger partial charge in [0.25, 0.3) is 0 Å². The lowest BCUT2D eigenvalue weighted by molar-refractivity contribution is 0.227. The minimum absolute atomic E-state index is 0.155. The zero-order chi connectivity index (χ0) is 22.9. The summed E-state index contributed by atoms with van der Waals surface area (Å²) in [6.07, 6.45) is 3.21. The Morgan fingerprint density at radius 3 is 2.64 bits per heavy atom. The smallest absolute Gasteiger partial charge is 0.221 e. The highest BCUT2D eigenvalue weighted by Crippen LogP contribution is 2.41. The van der Waals surface area contributed by atoms with Crippen LogP contribution in [0, 0.1) is 0 Å². The Morgan fingerprint density at radius 1 is 1.06 bits per heavy atom. The van der Waals surface area contributed by atoms with Crippen molar-refractivity contribution >= 4 is 22.7 Å². The molecule has 4 aromatic rings. The molecule has 0 unspecified atom stereocenters. The van der Waals surface area contributed by atoms with Gasteiger partial charge in [0, 0.05) is 36.7 Å². The zero-order valence-electron chi connectivity index (χ0n) is 18.8. The lowest BCUT2D eigenvalue weighted by Gasteiger charge is -2.27. The van der Waals surface area contributed by atoms with E-state index in [-0.39, 0.29) is 5.95 Å². The van der Waals surface area contributed by atoms with Crippen LogP contribution < -0.4 is 20.9 Å². The zero-order valence-corrected chi connectivity index (χ0v) is 18.8. The molecule has 1 aliphatic heterocycles. The van der Waals surface area contributed by atoms with Crippen LogP contribution in [0.5, 0.6) is 11.5 Å². The molecule has 0 fully saturated rings. The van der Waals surface area contributed by atoms with Crippen LogP contribution in [0.1, 0.15) is 28.0 Å². The normalized spacial score (nSPS) is 13.8. The Hall–Kier alpha value is -3.78. The minimum atomic E-state index is 0.155. The maximum Gasteiger partial charge on any atom is 0.221 e. The molecule has 0 amide bonds. The van der Waals surface area contributed by atoms with Gasteiger partial charge in [-0.25, -0.2) is 4.98 Å². The number of hydrogen-bond donors (Lipinski definition) is 2. The van der Waals surface area contributed by atoms with E-state index >= 15 is 0 Å². The average molecular weight is 446 g/mol. The van der Waals surface area contributed by atoms with E-state index < -0.39 is 0 Å². The Labute approximate surface area is 192 Å². The lowest BCUT2D eigenvalue weighted by atomic mass is 10.00. The van der Waals surface area contributed by atoms with Gasteiger partial charge in [-0.1, -0.05) is 24.3 Å². The first-order chi connectivity index (χ1) is 16.1. The van der Waals surface area contributed by atoms with Crippen molar-refractivity contribution in [2.75, 3.05) is 32.2 Å². The fourth-order valence-electron chi connectivity index (χ4n) is 4.52. The molecule has 2 aromatic heterocycles. The van der Waals surface area contributed by atoms with Gasteiger partial charge < -0.3 is 25.4 Å². The van der Waals surface area contributed by atoms with E-state index in [9.17, 15) is 0 Å². The van der Waals surface area contributed by atoms with Gasteiger partial charge in [0.2, 0.25) is 11.7 Å². The lowest BCUT2D eigenvalue weighted by Crippen LogP contribution is -2.29. The maximum atomic E-state index is 6.32.